The van der Waals surface area contributed by atoms with E-state index < -0.39 is 0 Å². The average Bonchev–Trinajstić information content (AvgIpc) is 2.61. The Bertz CT molecular complexity index is 218. The van der Waals surface area contributed by atoms with Crippen LogP contribution in [0.3, 0.4) is 0 Å². The summed E-state index contributed by atoms with van der Waals surface area (Å²) in [6, 6.07) is 0.875. The van der Waals surface area contributed by atoms with Crippen LogP contribution in [0.5, 0.6) is 0 Å². The molecule has 1 rings (SSSR count). The summed E-state index contributed by atoms with van der Waals surface area (Å²) in [4.78, 5) is 11.4. The fourth-order valence-electron chi connectivity index (χ4n) is 2.00. The molecule has 2 unspecified atom stereocenters. The lowest BCUT2D eigenvalue weighted by atomic mass is 10.2. The third-order valence-electron chi connectivity index (χ3n) is 2.97. The molecule has 0 aromatic heterocycles. The molecule has 94 valence electrons. The maximum Gasteiger partial charge on any atom is 0.221 e. The lowest BCUT2D eigenvalue weighted by Crippen LogP contribution is -2.34. The van der Waals surface area contributed by atoms with Gasteiger partial charge in [0.1, 0.15) is 0 Å². The molecule has 0 saturated heterocycles. The molecular formula is C12H25N3O. The molecule has 1 aliphatic rings. The van der Waals surface area contributed by atoms with Crippen LogP contribution in [0.25, 0.3) is 0 Å². The third kappa shape index (κ3) is 5.47. The third-order valence-corrected chi connectivity index (χ3v) is 2.97. The number of amides is 1. The van der Waals surface area contributed by atoms with Crippen molar-refractivity contribution in [3.05, 3.63) is 0 Å². The highest BCUT2D eigenvalue weighted by Crippen LogP contribution is 2.16. The first kappa shape index (κ1) is 13.5. The van der Waals surface area contributed by atoms with Gasteiger partial charge in [-0.1, -0.05) is 13.8 Å². The topological polar surface area (TPSA) is 67.2 Å². The first-order chi connectivity index (χ1) is 7.58. The minimum atomic E-state index is 0.142. The number of nitrogens with one attached hydrogen (secondary N) is 2. The van der Waals surface area contributed by atoms with Crippen LogP contribution in [0.2, 0.25) is 0 Å². The summed E-state index contributed by atoms with van der Waals surface area (Å²) in [5.74, 6) is 0.660. The van der Waals surface area contributed by atoms with Crippen LogP contribution >= 0.6 is 0 Å². The summed E-state index contributed by atoms with van der Waals surface area (Å²) >= 11 is 0. The van der Waals surface area contributed by atoms with E-state index >= 15 is 0 Å². The number of carbonyl (C=O) groups is 1. The summed E-state index contributed by atoms with van der Waals surface area (Å²) in [6.07, 6.45) is 3.87. The van der Waals surface area contributed by atoms with Gasteiger partial charge in [-0.3, -0.25) is 4.79 Å². The Hall–Kier alpha value is -0.610. The zero-order valence-electron chi connectivity index (χ0n) is 10.5. The number of hydrogen-bond donors (Lipinski definition) is 3. The maximum atomic E-state index is 11.4. The van der Waals surface area contributed by atoms with Crippen molar-refractivity contribution in [3.8, 4) is 0 Å². The Kier molecular flexibility index (Phi) is 5.77. The van der Waals surface area contributed by atoms with Gasteiger partial charge >= 0.3 is 0 Å². The van der Waals surface area contributed by atoms with Crippen LogP contribution in [-0.4, -0.2) is 31.1 Å². The Morgan fingerprint density at radius 1 is 1.44 bits per heavy atom. The maximum absolute atomic E-state index is 11.4. The molecule has 16 heavy (non-hydrogen) atoms. The average molecular weight is 227 g/mol. The molecule has 1 amide bonds. The predicted octanol–water partition coefficient (Wildman–Crippen LogP) is 0.618. The second-order valence-corrected chi connectivity index (χ2v) is 5.17. The van der Waals surface area contributed by atoms with E-state index in [9.17, 15) is 4.79 Å². The van der Waals surface area contributed by atoms with Crippen molar-refractivity contribution in [2.24, 2.45) is 11.7 Å². The molecule has 0 aromatic rings. The molecule has 2 atom stereocenters. The molecule has 0 aliphatic heterocycles. The van der Waals surface area contributed by atoms with E-state index in [0.717, 1.165) is 32.4 Å². The molecule has 4 nitrogen and oxygen atoms in total. The highest BCUT2D eigenvalue weighted by Gasteiger charge is 2.20. The van der Waals surface area contributed by atoms with E-state index in [4.69, 9.17) is 5.73 Å². The first-order valence-electron chi connectivity index (χ1n) is 6.33. The first-order valence-corrected chi connectivity index (χ1v) is 6.33. The van der Waals surface area contributed by atoms with Crippen molar-refractivity contribution in [1.82, 2.24) is 10.6 Å². The van der Waals surface area contributed by atoms with Crippen molar-refractivity contribution in [3.63, 3.8) is 0 Å². The SMILES string of the molecule is CC(C)CNC(=O)CCNC1CCC(N)C1. The van der Waals surface area contributed by atoms with Crippen molar-refractivity contribution in [2.75, 3.05) is 13.1 Å². The molecule has 1 fully saturated rings. The van der Waals surface area contributed by atoms with E-state index in [2.05, 4.69) is 24.5 Å². The van der Waals surface area contributed by atoms with Gasteiger partial charge in [0.25, 0.3) is 0 Å². The molecule has 4 N–H and O–H groups in total. The lowest BCUT2D eigenvalue weighted by molar-refractivity contribution is -0.121. The van der Waals surface area contributed by atoms with Gasteiger partial charge < -0.3 is 16.4 Å². The molecule has 1 saturated carbocycles. The molecule has 0 radical (unpaired) electrons. The summed E-state index contributed by atoms with van der Waals surface area (Å²) in [7, 11) is 0. The fraction of sp³-hybridized carbons (Fsp3) is 0.917. The summed E-state index contributed by atoms with van der Waals surface area (Å²) in [5.41, 5.74) is 5.82. The van der Waals surface area contributed by atoms with Crippen LogP contribution in [0, 0.1) is 5.92 Å². The zero-order chi connectivity index (χ0) is 12.0. The van der Waals surface area contributed by atoms with Crippen LogP contribution in [0.1, 0.15) is 39.5 Å². The summed E-state index contributed by atoms with van der Waals surface area (Å²) in [5, 5.41) is 6.30. The van der Waals surface area contributed by atoms with Gasteiger partial charge in [-0.2, -0.15) is 0 Å². The minimum absolute atomic E-state index is 0.142. The number of nitrogens with two attached hydrogens (primary N) is 1. The smallest absolute Gasteiger partial charge is 0.221 e. The molecule has 0 bridgehead atoms. The number of carbonyl (C=O) groups excluding carboxylic acids is 1. The van der Waals surface area contributed by atoms with E-state index in [1.807, 2.05) is 0 Å². The van der Waals surface area contributed by atoms with Crippen molar-refractivity contribution in [1.29, 1.82) is 0 Å². The Morgan fingerprint density at radius 2 is 2.19 bits per heavy atom. The largest absolute Gasteiger partial charge is 0.356 e. The molecule has 4 heteroatoms. The lowest BCUT2D eigenvalue weighted by Gasteiger charge is -2.12. The van der Waals surface area contributed by atoms with E-state index in [0.29, 0.717) is 24.4 Å². The second-order valence-electron chi connectivity index (χ2n) is 5.17. The van der Waals surface area contributed by atoms with Crippen LogP contribution in [0.15, 0.2) is 0 Å². The quantitative estimate of drug-likeness (QED) is 0.623. The van der Waals surface area contributed by atoms with Gasteiger partial charge in [0.2, 0.25) is 5.91 Å². The van der Waals surface area contributed by atoms with Gasteiger partial charge in [0.15, 0.2) is 0 Å². The van der Waals surface area contributed by atoms with Crippen LogP contribution in [-0.2, 0) is 4.79 Å². The van der Waals surface area contributed by atoms with Gasteiger partial charge in [0.05, 0.1) is 0 Å². The zero-order valence-corrected chi connectivity index (χ0v) is 10.5. The van der Waals surface area contributed by atoms with Gasteiger partial charge in [-0.15, -0.1) is 0 Å². The Morgan fingerprint density at radius 3 is 2.75 bits per heavy atom. The Balaban J connectivity index is 2.00. The van der Waals surface area contributed by atoms with Gasteiger partial charge in [0, 0.05) is 31.6 Å². The van der Waals surface area contributed by atoms with E-state index in [-0.39, 0.29) is 5.91 Å². The second kappa shape index (κ2) is 6.86. The summed E-state index contributed by atoms with van der Waals surface area (Å²) in [6.45, 7) is 5.73. The van der Waals surface area contributed by atoms with Crippen molar-refractivity contribution >= 4 is 5.91 Å². The highest BCUT2D eigenvalue weighted by molar-refractivity contribution is 5.76. The number of hydrogen-bond acceptors (Lipinski definition) is 3. The monoisotopic (exact) mass is 227 g/mol. The predicted molar refractivity (Wildman–Crippen MR) is 66.1 cm³/mol. The molecule has 1 aliphatic carbocycles. The molecular weight excluding hydrogens is 202 g/mol. The van der Waals surface area contributed by atoms with Gasteiger partial charge in [-0.05, 0) is 25.2 Å². The minimum Gasteiger partial charge on any atom is -0.356 e. The number of rotatable bonds is 6. The molecule has 0 spiro atoms. The fourth-order valence-corrected chi connectivity index (χ4v) is 2.00. The standard InChI is InChI=1S/C12H25N3O/c1-9(2)8-15-12(16)5-6-14-11-4-3-10(13)7-11/h9-11,14H,3-8,13H2,1-2H3,(H,15,16). The molecule has 0 heterocycles. The normalized spacial score (nSPS) is 25.0. The highest BCUT2D eigenvalue weighted by atomic mass is 16.1. The van der Waals surface area contributed by atoms with Crippen LogP contribution < -0.4 is 16.4 Å². The van der Waals surface area contributed by atoms with Crippen LogP contribution in [0.4, 0.5) is 0 Å². The molecule has 0 aromatic carbocycles. The van der Waals surface area contributed by atoms with Crippen molar-refractivity contribution < 1.29 is 4.79 Å². The van der Waals surface area contributed by atoms with Gasteiger partial charge in [-0.25, -0.2) is 0 Å². The van der Waals surface area contributed by atoms with Crippen molar-refractivity contribution in [2.45, 2.75) is 51.6 Å². The van der Waals surface area contributed by atoms with E-state index in [1.165, 1.54) is 0 Å². The summed E-state index contributed by atoms with van der Waals surface area (Å²) < 4.78 is 0. The van der Waals surface area contributed by atoms with E-state index in [1.54, 1.807) is 0 Å². The Labute approximate surface area is 98.3 Å².